The molecule has 1 aromatic rings. The van der Waals surface area contributed by atoms with Gasteiger partial charge in [-0.2, -0.15) is 0 Å². The number of hydrogen-bond donors (Lipinski definition) is 1. The molecule has 1 nitrogen and oxygen atoms in total. The Morgan fingerprint density at radius 3 is 2.32 bits per heavy atom. The van der Waals surface area contributed by atoms with E-state index in [2.05, 4.69) is 25.2 Å². The second-order valence-electron chi connectivity index (χ2n) is 5.29. The van der Waals surface area contributed by atoms with Crippen molar-refractivity contribution in [3.05, 3.63) is 33.8 Å². The molecule has 1 rings (SSSR count). The van der Waals surface area contributed by atoms with Crippen LogP contribution < -0.4 is 5.32 Å². The number of likely N-dealkylation sites (N-methyl/N-ethyl adjacent to an activating group) is 1. The van der Waals surface area contributed by atoms with Gasteiger partial charge in [-0.05, 0) is 37.6 Å². The first-order chi connectivity index (χ1) is 9.09. The summed E-state index contributed by atoms with van der Waals surface area (Å²) in [6, 6.07) is 6.11. The molecule has 0 spiro atoms. The highest BCUT2D eigenvalue weighted by Crippen LogP contribution is 2.37. The molecule has 0 aromatic heterocycles. The zero-order valence-corrected chi connectivity index (χ0v) is 13.7. The van der Waals surface area contributed by atoms with E-state index in [4.69, 9.17) is 23.2 Å². The molecule has 0 saturated carbocycles. The van der Waals surface area contributed by atoms with Crippen LogP contribution >= 0.6 is 23.2 Å². The highest BCUT2D eigenvalue weighted by atomic mass is 35.5. The zero-order valence-electron chi connectivity index (χ0n) is 12.2. The summed E-state index contributed by atoms with van der Waals surface area (Å²) in [5, 5.41) is 4.65. The summed E-state index contributed by atoms with van der Waals surface area (Å²) in [7, 11) is 2.02. The molecular weight excluding hydrogens is 277 g/mol. The number of hydrogen-bond acceptors (Lipinski definition) is 1. The molecular formula is C16H25Cl2N. The lowest BCUT2D eigenvalue weighted by atomic mass is 9.73. The fourth-order valence-electron chi connectivity index (χ4n) is 2.85. The maximum absolute atomic E-state index is 6.20. The summed E-state index contributed by atoms with van der Waals surface area (Å²) < 4.78 is 0. The summed E-state index contributed by atoms with van der Waals surface area (Å²) >= 11 is 12.2. The van der Waals surface area contributed by atoms with Gasteiger partial charge in [-0.25, -0.2) is 0 Å². The number of halogens is 2. The summed E-state index contributed by atoms with van der Waals surface area (Å²) in [4.78, 5) is 0. The Labute approximate surface area is 127 Å². The van der Waals surface area contributed by atoms with Gasteiger partial charge in [0, 0.05) is 12.0 Å². The van der Waals surface area contributed by atoms with E-state index in [1.807, 2.05) is 19.2 Å². The summed E-state index contributed by atoms with van der Waals surface area (Å²) in [5.74, 6) is 0. The van der Waals surface area contributed by atoms with Gasteiger partial charge < -0.3 is 5.32 Å². The molecule has 0 aliphatic heterocycles. The van der Waals surface area contributed by atoms with Crippen LogP contribution in [0.3, 0.4) is 0 Å². The van der Waals surface area contributed by atoms with Crippen molar-refractivity contribution < 1.29 is 0 Å². The van der Waals surface area contributed by atoms with Gasteiger partial charge in [0.2, 0.25) is 0 Å². The zero-order chi connectivity index (χ0) is 14.3. The normalized spacial score (nSPS) is 14.4. The van der Waals surface area contributed by atoms with Crippen LogP contribution in [0.25, 0.3) is 0 Å². The van der Waals surface area contributed by atoms with Crippen LogP contribution in [0.4, 0.5) is 0 Å². The smallest absolute Gasteiger partial charge is 0.0595 e. The number of unbranched alkanes of at least 4 members (excludes halogenated alkanes) is 1. The quantitative estimate of drug-likeness (QED) is 0.674. The van der Waals surface area contributed by atoms with Crippen LogP contribution in [0, 0.1) is 0 Å². The summed E-state index contributed by atoms with van der Waals surface area (Å²) in [6.07, 6.45) is 5.99. The predicted molar refractivity (Wildman–Crippen MR) is 86.5 cm³/mol. The minimum atomic E-state index is 0.174. The Balaban J connectivity index is 3.13. The average molecular weight is 302 g/mol. The van der Waals surface area contributed by atoms with Crippen molar-refractivity contribution >= 4 is 23.2 Å². The maximum Gasteiger partial charge on any atom is 0.0595 e. The third-order valence-electron chi connectivity index (χ3n) is 3.78. The molecule has 0 unspecified atom stereocenters. The van der Waals surface area contributed by atoms with Gasteiger partial charge in [0.15, 0.2) is 0 Å². The predicted octanol–water partition coefficient (Wildman–Crippen LogP) is 5.44. The lowest BCUT2D eigenvalue weighted by Crippen LogP contribution is -2.37. The highest BCUT2D eigenvalue weighted by molar-refractivity contribution is 6.42. The average Bonchev–Trinajstić information content (AvgIpc) is 2.39. The molecule has 19 heavy (non-hydrogen) atoms. The second-order valence-corrected chi connectivity index (χ2v) is 6.11. The molecule has 0 heterocycles. The maximum atomic E-state index is 6.20. The molecule has 1 atom stereocenters. The van der Waals surface area contributed by atoms with Crippen molar-refractivity contribution in [3.63, 3.8) is 0 Å². The van der Waals surface area contributed by atoms with Crippen molar-refractivity contribution in [2.24, 2.45) is 0 Å². The van der Waals surface area contributed by atoms with E-state index in [9.17, 15) is 0 Å². The molecule has 1 aromatic carbocycles. The standard InChI is InChI=1S/C16H25Cl2N/c1-4-6-10-16(9-5-2,12-19-3)13-7-8-14(17)15(18)11-13/h7-8,11,19H,4-6,9-10,12H2,1-3H3/t16-/m0/s1. The molecule has 0 amide bonds. The van der Waals surface area contributed by atoms with Crippen LogP contribution in [0.5, 0.6) is 0 Å². The highest BCUT2D eigenvalue weighted by Gasteiger charge is 2.30. The van der Waals surface area contributed by atoms with Crippen LogP contribution in [0.15, 0.2) is 18.2 Å². The van der Waals surface area contributed by atoms with E-state index in [-0.39, 0.29) is 5.41 Å². The number of benzene rings is 1. The fourth-order valence-corrected chi connectivity index (χ4v) is 3.15. The van der Waals surface area contributed by atoms with Crippen molar-refractivity contribution in [1.29, 1.82) is 0 Å². The van der Waals surface area contributed by atoms with Gasteiger partial charge in [0.05, 0.1) is 10.0 Å². The van der Waals surface area contributed by atoms with Crippen molar-refractivity contribution in [1.82, 2.24) is 5.32 Å². The lowest BCUT2D eigenvalue weighted by Gasteiger charge is -2.35. The van der Waals surface area contributed by atoms with Gasteiger partial charge in [-0.3, -0.25) is 0 Å². The molecule has 3 heteroatoms. The van der Waals surface area contributed by atoms with E-state index in [0.717, 1.165) is 6.54 Å². The molecule has 0 bridgehead atoms. The molecule has 0 aliphatic rings. The molecule has 0 saturated heterocycles. The minimum absolute atomic E-state index is 0.174. The van der Waals surface area contributed by atoms with Crippen LogP contribution in [0.1, 0.15) is 51.5 Å². The van der Waals surface area contributed by atoms with Gasteiger partial charge in [0.1, 0.15) is 0 Å². The Morgan fingerprint density at radius 1 is 1.05 bits per heavy atom. The van der Waals surface area contributed by atoms with E-state index < -0.39 is 0 Å². The van der Waals surface area contributed by atoms with E-state index in [1.165, 1.54) is 37.7 Å². The molecule has 0 aliphatic carbocycles. The van der Waals surface area contributed by atoms with Crippen LogP contribution in [-0.2, 0) is 5.41 Å². The Kier molecular flexibility index (Phi) is 7.20. The fraction of sp³-hybridized carbons (Fsp3) is 0.625. The van der Waals surface area contributed by atoms with Gasteiger partial charge >= 0.3 is 0 Å². The summed E-state index contributed by atoms with van der Waals surface area (Å²) in [6.45, 7) is 5.47. The molecule has 108 valence electrons. The molecule has 0 fully saturated rings. The van der Waals surface area contributed by atoms with E-state index in [0.29, 0.717) is 10.0 Å². The first-order valence-electron chi connectivity index (χ1n) is 7.19. The first-order valence-corrected chi connectivity index (χ1v) is 7.95. The second kappa shape index (κ2) is 8.14. The van der Waals surface area contributed by atoms with E-state index in [1.54, 1.807) is 0 Å². The Morgan fingerprint density at radius 2 is 1.79 bits per heavy atom. The third-order valence-corrected chi connectivity index (χ3v) is 4.52. The Hall–Kier alpha value is -0.240. The molecule has 0 radical (unpaired) electrons. The molecule has 1 N–H and O–H groups in total. The topological polar surface area (TPSA) is 12.0 Å². The van der Waals surface area contributed by atoms with Gasteiger partial charge in [-0.15, -0.1) is 0 Å². The van der Waals surface area contributed by atoms with Gasteiger partial charge in [0.25, 0.3) is 0 Å². The van der Waals surface area contributed by atoms with Crippen molar-refractivity contribution in [2.75, 3.05) is 13.6 Å². The third kappa shape index (κ3) is 4.37. The monoisotopic (exact) mass is 301 g/mol. The van der Waals surface area contributed by atoms with E-state index >= 15 is 0 Å². The Bertz CT molecular complexity index is 384. The van der Waals surface area contributed by atoms with Crippen LogP contribution in [-0.4, -0.2) is 13.6 Å². The summed E-state index contributed by atoms with van der Waals surface area (Å²) in [5.41, 5.74) is 1.49. The SMILES string of the molecule is CCCC[C@@](CCC)(CNC)c1ccc(Cl)c(Cl)c1. The van der Waals surface area contributed by atoms with Crippen molar-refractivity contribution in [2.45, 2.75) is 51.4 Å². The lowest BCUT2D eigenvalue weighted by molar-refractivity contribution is 0.337. The van der Waals surface area contributed by atoms with Crippen molar-refractivity contribution in [3.8, 4) is 0 Å². The van der Waals surface area contributed by atoms with Crippen LogP contribution in [0.2, 0.25) is 10.0 Å². The van der Waals surface area contributed by atoms with Gasteiger partial charge in [-0.1, -0.05) is 62.4 Å². The first kappa shape index (κ1) is 16.8. The number of nitrogens with one attached hydrogen (secondary N) is 1. The largest absolute Gasteiger partial charge is 0.319 e. The number of rotatable bonds is 8. The minimum Gasteiger partial charge on any atom is -0.319 e.